The second-order valence-electron chi connectivity index (χ2n) is 2.86. The van der Waals surface area contributed by atoms with Crippen LogP contribution in [0.2, 0.25) is 0 Å². The van der Waals surface area contributed by atoms with E-state index >= 15 is 0 Å². The van der Waals surface area contributed by atoms with Gasteiger partial charge in [-0.05, 0) is 23.9 Å². The van der Waals surface area contributed by atoms with Gasteiger partial charge in [0.05, 0.1) is 0 Å². The number of aliphatic hydroxyl groups is 1. The Balaban J connectivity index is 3.03. The van der Waals surface area contributed by atoms with E-state index in [2.05, 4.69) is 5.92 Å². The van der Waals surface area contributed by atoms with E-state index in [9.17, 15) is 9.90 Å². The summed E-state index contributed by atoms with van der Waals surface area (Å²) in [6.45, 7) is 1.91. The maximum atomic E-state index is 10.3. The maximum Gasteiger partial charge on any atom is 0.166 e. The first-order chi connectivity index (χ1) is 6.12. The molecule has 1 aromatic heterocycles. The molecular formula is C10H10O2S. The number of hydrogen-bond acceptors (Lipinski definition) is 3. The minimum Gasteiger partial charge on any atom is -0.372 e. The van der Waals surface area contributed by atoms with Crippen LogP contribution in [0.4, 0.5) is 0 Å². The van der Waals surface area contributed by atoms with E-state index in [4.69, 9.17) is 6.42 Å². The fourth-order valence-corrected chi connectivity index (χ4v) is 1.97. The normalized spacial score (nSPS) is 14.5. The molecule has 0 aliphatic carbocycles. The lowest BCUT2D eigenvalue weighted by Gasteiger charge is -2.16. The van der Waals surface area contributed by atoms with Gasteiger partial charge in [-0.1, -0.05) is 5.92 Å². The molecule has 1 rings (SSSR count). The third kappa shape index (κ3) is 1.97. The van der Waals surface area contributed by atoms with Crippen LogP contribution in [0.25, 0.3) is 0 Å². The molecule has 1 atom stereocenters. The Morgan fingerprint density at radius 1 is 1.85 bits per heavy atom. The summed E-state index contributed by atoms with van der Waals surface area (Å²) in [7, 11) is 0. The minimum absolute atomic E-state index is 0.0521. The van der Waals surface area contributed by atoms with Crippen LogP contribution in [-0.2, 0) is 10.4 Å². The molecule has 68 valence electrons. The molecule has 0 saturated heterocycles. The van der Waals surface area contributed by atoms with Gasteiger partial charge in [-0.3, -0.25) is 0 Å². The Hall–Kier alpha value is -1.11. The van der Waals surface area contributed by atoms with Gasteiger partial charge in [0.1, 0.15) is 6.29 Å². The Bertz CT molecular complexity index is 348. The van der Waals surface area contributed by atoms with E-state index in [0.717, 1.165) is 5.56 Å². The Morgan fingerprint density at radius 3 is 2.92 bits per heavy atom. The van der Waals surface area contributed by atoms with Gasteiger partial charge >= 0.3 is 0 Å². The Morgan fingerprint density at radius 2 is 2.54 bits per heavy atom. The fourth-order valence-electron chi connectivity index (χ4n) is 0.999. The number of aldehydes is 1. The monoisotopic (exact) mass is 194 g/mol. The van der Waals surface area contributed by atoms with E-state index in [1.54, 1.807) is 6.07 Å². The van der Waals surface area contributed by atoms with Crippen LogP contribution in [0.15, 0.2) is 11.4 Å². The van der Waals surface area contributed by atoms with Crippen molar-refractivity contribution < 1.29 is 9.90 Å². The molecule has 2 nitrogen and oxygen atoms in total. The van der Waals surface area contributed by atoms with Crippen LogP contribution in [0, 0.1) is 19.3 Å². The molecule has 1 aromatic rings. The van der Waals surface area contributed by atoms with Crippen LogP contribution < -0.4 is 0 Å². The molecule has 0 aromatic carbocycles. The Kier molecular flexibility index (Phi) is 2.86. The molecule has 0 aliphatic heterocycles. The third-order valence-electron chi connectivity index (χ3n) is 1.76. The molecule has 0 spiro atoms. The number of carbonyl (C=O) groups excluding carboxylic acids is 1. The summed E-state index contributed by atoms with van der Waals surface area (Å²) in [6, 6.07) is 1.80. The van der Waals surface area contributed by atoms with Gasteiger partial charge in [-0.15, -0.1) is 17.8 Å². The van der Waals surface area contributed by atoms with Crippen molar-refractivity contribution >= 4 is 17.6 Å². The SMILES string of the molecule is C#CC(O)(CC=O)c1cc(C)cs1. The smallest absolute Gasteiger partial charge is 0.166 e. The van der Waals surface area contributed by atoms with Gasteiger partial charge in [0, 0.05) is 11.3 Å². The van der Waals surface area contributed by atoms with Crippen molar-refractivity contribution in [3.8, 4) is 12.3 Å². The number of rotatable bonds is 3. The molecular weight excluding hydrogens is 184 g/mol. The van der Waals surface area contributed by atoms with E-state index < -0.39 is 5.60 Å². The molecule has 0 amide bonds. The van der Waals surface area contributed by atoms with Gasteiger partial charge in [-0.25, -0.2) is 0 Å². The van der Waals surface area contributed by atoms with Crippen molar-refractivity contribution in [2.75, 3.05) is 0 Å². The van der Waals surface area contributed by atoms with Crippen molar-refractivity contribution in [1.82, 2.24) is 0 Å². The molecule has 0 saturated carbocycles. The van der Waals surface area contributed by atoms with Crippen molar-refractivity contribution in [3.05, 3.63) is 21.9 Å². The first-order valence-corrected chi connectivity index (χ1v) is 4.70. The molecule has 1 unspecified atom stereocenters. The highest BCUT2D eigenvalue weighted by atomic mass is 32.1. The number of carbonyl (C=O) groups is 1. The zero-order valence-corrected chi connectivity index (χ0v) is 8.10. The standard InChI is InChI=1S/C10H10O2S/c1-3-10(12,4-5-11)9-6-8(2)7-13-9/h1,5-7,12H,4H2,2H3. The topological polar surface area (TPSA) is 37.3 Å². The van der Waals surface area contributed by atoms with E-state index in [1.807, 2.05) is 12.3 Å². The number of hydrogen-bond donors (Lipinski definition) is 1. The first kappa shape index (κ1) is 9.97. The number of thiophene rings is 1. The lowest BCUT2D eigenvalue weighted by atomic mass is 9.99. The zero-order chi connectivity index (χ0) is 9.90. The molecule has 0 bridgehead atoms. The van der Waals surface area contributed by atoms with Crippen molar-refractivity contribution in [2.24, 2.45) is 0 Å². The van der Waals surface area contributed by atoms with Crippen molar-refractivity contribution in [3.63, 3.8) is 0 Å². The molecule has 0 radical (unpaired) electrons. The summed E-state index contributed by atoms with van der Waals surface area (Å²) in [5.41, 5.74) is -0.375. The van der Waals surface area contributed by atoms with E-state index in [0.29, 0.717) is 11.2 Å². The largest absolute Gasteiger partial charge is 0.372 e. The quantitative estimate of drug-likeness (QED) is 0.584. The highest BCUT2D eigenvalue weighted by Gasteiger charge is 2.27. The summed E-state index contributed by atoms with van der Waals surface area (Å²) >= 11 is 1.37. The predicted octanol–water partition coefficient (Wildman–Crippen LogP) is 1.47. The second-order valence-corrected chi connectivity index (χ2v) is 3.77. The van der Waals surface area contributed by atoms with Crippen LogP contribution >= 0.6 is 11.3 Å². The van der Waals surface area contributed by atoms with Crippen molar-refractivity contribution in [2.45, 2.75) is 18.9 Å². The van der Waals surface area contributed by atoms with Gasteiger partial charge in [0.15, 0.2) is 5.60 Å². The molecule has 13 heavy (non-hydrogen) atoms. The molecule has 3 heteroatoms. The average molecular weight is 194 g/mol. The zero-order valence-electron chi connectivity index (χ0n) is 7.28. The number of terminal acetylenes is 1. The molecule has 0 aliphatic rings. The molecule has 1 N–H and O–H groups in total. The highest BCUT2D eigenvalue weighted by molar-refractivity contribution is 7.10. The first-order valence-electron chi connectivity index (χ1n) is 3.82. The van der Waals surface area contributed by atoms with Gasteiger partial charge in [0.2, 0.25) is 0 Å². The van der Waals surface area contributed by atoms with Gasteiger partial charge in [0.25, 0.3) is 0 Å². The van der Waals surface area contributed by atoms with Gasteiger partial charge in [-0.2, -0.15) is 0 Å². The second kappa shape index (κ2) is 3.73. The number of aryl methyl sites for hydroxylation is 1. The third-order valence-corrected chi connectivity index (χ3v) is 2.95. The lowest BCUT2D eigenvalue weighted by Crippen LogP contribution is -2.22. The summed E-state index contributed by atoms with van der Waals surface area (Å²) in [4.78, 5) is 11.0. The van der Waals surface area contributed by atoms with Crippen LogP contribution in [0.3, 0.4) is 0 Å². The Labute approximate surface area is 81.2 Å². The van der Waals surface area contributed by atoms with Gasteiger partial charge < -0.3 is 9.90 Å². The summed E-state index contributed by atoms with van der Waals surface area (Å²) in [6.07, 6.45) is 5.76. The van der Waals surface area contributed by atoms with Crippen molar-refractivity contribution in [1.29, 1.82) is 0 Å². The summed E-state index contributed by atoms with van der Waals surface area (Å²) in [5, 5.41) is 11.7. The molecule has 0 fully saturated rings. The fraction of sp³-hybridized carbons (Fsp3) is 0.300. The maximum absolute atomic E-state index is 10.3. The highest BCUT2D eigenvalue weighted by Crippen LogP contribution is 2.29. The van der Waals surface area contributed by atoms with Crippen LogP contribution in [0.1, 0.15) is 16.9 Å². The molecule has 1 heterocycles. The average Bonchev–Trinajstić information content (AvgIpc) is 2.52. The van der Waals surface area contributed by atoms with E-state index in [-0.39, 0.29) is 6.42 Å². The van der Waals surface area contributed by atoms with E-state index in [1.165, 1.54) is 11.3 Å². The summed E-state index contributed by atoms with van der Waals surface area (Å²) in [5.74, 6) is 2.24. The predicted molar refractivity (Wildman–Crippen MR) is 52.5 cm³/mol. The van der Waals surface area contributed by atoms with Crippen LogP contribution in [-0.4, -0.2) is 11.4 Å². The summed E-state index contributed by atoms with van der Waals surface area (Å²) < 4.78 is 0. The minimum atomic E-state index is -1.42. The lowest BCUT2D eigenvalue weighted by molar-refractivity contribution is -0.110. The van der Waals surface area contributed by atoms with Crippen LogP contribution in [0.5, 0.6) is 0 Å².